The van der Waals surface area contributed by atoms with Crippen molar-refractivity contribution in [1.82, 2.24) is 15.5 Å². The minimum Gasteiger partial charge on any atom is -0.456 e. The smallest absolute Gasteiger partial charge is 0.325 e. The van der Waals surface area contributed by atoms with Gasteiger partial charge in [0, 0.05) is 18.1 Å². The van der Waals surface area contributed by atoms with Crippen LogP contribution in [0.15, 0.2) is 24.3 Å². The molecule has 1 aromatic rings. The standard InChI is InChI=1S/C18H22ClN3O5/c1-18(2)16(25)22(17(26)21-18)10-8-15(24)27-11-14(23)20-9-7-12-3-5-13(19)6-4-12/h3-6H,7-11H2,1-2H3,(H,20,23)(H,21,26). The summed E-state index contributed by atoms with van der Waals surface area (Å²) >= 11 is 5.80. The summed E-state index contributed by atoms with van der Waals surface area (Å²) in [6, 6.07) is 6.73. The lowest BCUT2D eigenvalue weighted by Crippen LogP contribution is -2.40. The average molecular weight is 396 g/mol. The van der Waals surface area contributed by atoms with Gasteiger partial charge in [-0.25, -0.2) is 4.79 Å². The third-order valence-electron chi connectivity index (χ3n) is 4.00. The van der Waals surface area contributed by atoms with E-state index < -0.39 is 36.0 Å². The highest BCUT2D eigenvalue weighted by Crippen LogP contribution is 2.16. The van der Waals surface area contributed by atoms with Gasteiger partial charge in [-0.2, -0.15) is 0 Å². The van der Waals surface area contributed by atoms with Crippen molar-refractivity contribution in [2.24, 2.45) is 0 Å². The van der Waals surface area contributed by atoms with E-state index in [1.165, 1.54) is 0 Å². The quantitative estimate of drug-likeness (QED) is 0.509. The van der Waals surface area contributed by atoms with Crippen molar-refractivity contribution in [3.05, 3.63) is 34.9 Å². The van der Waals surface area contributed by atoms with Gasteiger partial charge in [0.25, 0.3) is 11.8 Å². The predicted molar refractivity (Wildman–Crippen MR) is 98.1 cm³/mol. The summed E-state index contributed by atoms with van der Waals surface area (Å²) in [5.74, 6) is -1.48. The molecule has 0 bridgehead atoms. The van der Waals surface area contributed by atoms with Crippen LogP contribution in [0.5, 0.6) is 0 Å². The maximum atomic E-state index is 12.0. The first-order valence-corrected chi connectivity index (χ1v) is 8.88. The fraction of sp³-hybridized carbons (Fsp3) is 0.444. The number of benzene rings is 1. The van der Waals surface area contributed by atoms with Crippen LogP contribution in [0.2, 0.25) is 5.02 Å². The predicted octanol–water partition coefficient (Wildman–Crippen LogP) is 1.26. The van der Waals surface area contributed by atoms with Crippen LogP contribution < -0.4 is 10.6 Å². The molecule has 8 nitrogen and oxygen atoms in total. The van der Waals surface area contributed by atoms with Crippen molar-refractivity contribution in [3.63, 3.8) is 0 Å². The number of ether oxygens (including phenoxy) is 1. The van der Waals surface area contributed by atoms with Crippen LogP contribution in [-0.4, -0.2) is 54.0 Å². The zero-order valence-electron chi connectivity index (χ0n) is 15.2. The Hall–Kier alpha value is -2.61. The summed E-state index contributed by atoms with van der Waals surface area (Å²) in [6.45, 7) is 3.06. The van der Waals surface area contributed by atoms with Gasteiger partial charge in [0.05, 0.1) is 6.42 Å². The number of hydrogen-bond donors (Lipinski definition) is 2. The summed E-state index contributed by atoms with van der Waals surface area (Å²) in [7, 11) is 0. The number of carbonyl (C=O) groups excluding carboxylic acids is 4. The van der Waals surface area contributed by atoms with Gasteiger partial charge in [0.2, 0.25) is 0 Å². The van der Waals surface area contributed by atoms with E-state index >= 15 is 0 Å². The van der Waals surface area contributed by atoms with E-state index in [0.29, 0.717) is 18.0 Å². The Morgan fingerprint density at radius 3 is 2.48 bits per heavy atom. The first-order valence-electron chi connectivity index (χ1n) is 8.50. The lowest BCUT2D eigenvalue weighted by molar-refractivity contribution is -0.149. The molecule has 0 atom stereocenters. The van der Waals surface area contributed by atoms with E-state index in [4.69, 9.17) is 16.3 Å². The lowest BCUT2D eigenvalue weighted by atomic mass is 10.1. The fourth-order valence-corrected chi connectivity index (χ4v) is 2.62. The largest absolute Gasteiger partial charge is 0.456 e. The summed E-state index contributed by atoms with van der Waals surface area (Å²) in [5, 5.41) is 5.81. The minimum absolute atomic E-state index is 0.0921. The number of rotatable bonds is 8. The third kappa shape index (κ3) is 5.96. The zero-order chi connectivity index (χ0) is 20.0. The van der Waals surface area contributed by atoms with Crippen molar-refractivity contribution >= 4 is 35.4 Å². The molecule has 1 aliphatic rings. The van der Waals surface area contributed by atoms with Crippen LogP contribution in [-0.2, 0) is 25.5 Å². The molecule has 9 heteroatoms. The van der Waals surface area contributed by atoms with Crippen LogP contribution in [0.3, 0.4) is 0 Å². The first kappa shape index (κ1) is 20.7. The second kappa shape index (κ2) is 8.85. The topological polar surface area (TPSA) is 105 Å². The number of nitrogens with zero attached hydrogens (tertiary/aromatic N) is 1. The van der Waals surface area contributed by atoms with Crippen molar-refractivity contribution in [2.75, 3.05) is 19.7 Å². The number of imide groups is 1. The van der Waals surface area contributed by atoms with Crippen molar-refractivity contribution in [3.8, 4) is 0 Å². The maximum Gasteiger partial charge on any atom is 0.325 e. The molecule has 0 spiro atoms. The normalized spacial score (nSPS) is 15.4. The molecule has 0 aromatic heterocycles. The molecule has 0 aliphatic carbocycles. The van der Waals surface area contributed by atoms with Gasteiger partial charge >= 0.3 is 12.0 Å². The second-order valence-corrected chi connectivity index (χ2v) is 7.09. The van der Waals surface area contributed by atoms with Crippen molar-refractivity contribution in [1.29, 1.82) is 0 Å². The van der Waals surface area contributed by atoms with Gasteiger partial charge in [-0.05, 0) is 38.0 Å². The Labute approximate surface area is 162 Å². The Bertz CT molecular complexity index is 733. The highest BCUT2D eigenvalue weighted by atomic mass is 35.5. The third-order valence-corrected chi connectivity index (χ3v) is 4.25. The molecule has 0 saturated carbocycles. The molecule has 1 aromatic carbocycles. The summed E-state index contributed by atoms with van der Waals surface area (Å²) in [4.78, 5) is 48.1. The maximum absolute atomic E-state index is 12.0. The number of nitrogens with one attached hydrogen (secondary N) is 2. The SMILES string of the molecule is CC1(C)NC(=O)N(CCC(=O)OCC(=O)NCCc2ccc(Cl)cc2)C1=O. The van der Waals surface area contributed by atoms with Crippen LogP contribution in [0.4, 0.5) is 4.79 Å². The highest BCUT2D eigenvalue weighted by Gasteiger charge is 2.44. The molecule has 4 amide bonds. The Morgan fingerprint density at radius 2 is 1.89 bits per heavy atom. The van der Waals surface area contributed by atoms with E-state index in [0.717, 1.165) is 10.5 Å². The second-order valence-electron chi connectivity index (χ2n) is 6.65. The van der Waals surface area contributed by atoms with Gasteiger partial charge < -0.3 is 15.4 Å². The molecule has 1 fully saturated rings. The van der Waals surface area contributed by atoms with E-state index in [-0.39, 0.29) is 13.0 Å². The summed E-state index contributed by atoms with van der Waals surface area (Å²) in [6.07, 6.45) is 0.451. The monoisotopic (exact) mass is 395 g/mol. The molecular weight excluding hydrogens is 374 g/mol. The minimum atomic E-state index is -0.981. The molecule has 0 unspecified atom stereocenters. The number of hydrogen-bond acceptors (Lipinski definition) is 5. The Balaban J connectivity index is 1.63. The number of urea groups is 1. The van der Waals surface area contributed by atoms with Crippen LogP contribution in [0.25, 0.3) is 0 Å². The molecule has 1 saturated heterocycles. The van der Waals surface area contributed by atoms with Gasteiger partial charge in [-0.3, -0.25) is 19.3 Å². The molecule has 2 rings (SSSR count). The van der Waals surface area contributed by atoms with Gasteiger partial charge in [0.1, 0.15) is 5.54 Å². The summed E-state index contributed by atoms with van der Waals surface area (Å²) < 4.78 is 4.87. The Morgan fingerprint density at radius 1 is 1.22 bits per heavy atom. The number of carbonyl (C=O) groups is 4. The highest BCUT2D eigenvalue weighted by molar-refractivity contribution is 6.30. The number of esters is 1. The molecule has 1 aliphatic heterocycles. The first-order chi connectivity index (χ1) is 12.7. The average Bonchev–Trinajstić information content (AvgIpc) is 2.80. The Kier molecular flexibility index (Phi) is 6.79. The summed E-state index contributed by atoms with van der Waals surface area (Å²) in [5.41, 5.74) is 0.0403. The van der Waals surface area contributed by atoms with Crippen LogP contribution in [0.1, 0.15) is 25.8 Å². The zero-order valence-corrected chi connectivity index (χ0v) is 16.0. The van der Waals surface area contributed by atoms with E-state index in [9.17, 15) is 19.2 Å². The van der Waals surface area contributed by atoms with E-state index in [1.54, 1.807) is 26.0 Å². The van der Waals surface area contributed by atoms with Gasteiger partial charge in [-0.15, -0.1) is 0 Å². The molecule has 2 N–H and O–H groups in total. The van der Waals surface area contributed by atoms with Crippen LogP contribution >= 0.6 is 11.6 Å². The fourth-order valence-electron chi connectivity index (χ4n) is 2.49. The molecule has 0 radical (unpaired) electrons. The molecule has 1 heterocycles. The van der Waals surface area contributed by atoms with Gasteiger partial charge in [0.15, 0.2) is 6.61 Å². The van der Waals surface area contributed by atoms with Crippen LogP contribution in [0, 0.1) is 0 Å². The lowest BCUT2D eigenvalue weighted by Gasteiger charge is -2.15. The van der Waals surface area contributed by atoms with E-state index in [2.05, 4.69) is 10.6 Å². The molecule has 27 heavy (non-hydrogen) atoms. The molecular formula is C18H22ClN3O5. The number of halogens is 1. The van der Waals surface area contributed by atoms with E-state index in [1.807, 2.05) is 12.1 Å². The van der Waals surface area contributed by atoms with Crippen molar-refractivity contribution < 1.29 is 23.9 Å². The molecule has 146 valence electrons. The van der Waals surface area contributed by atoms with Gasteiger partial charge in [-0.1, -0.05) is 23.7 Å². The number of amides is 4. The van der Waals surface area contributed by atoms with Crippen molar-refractivity contribution in [2.45, 2.75) is 32.2 Å².